The fraction of sp³-hybridized carbons (Fsp3) is 0.188. The predicted molar refractivity (Wildman–Crippen MR) is 99.4 cm³/mol. The number of nitro groups is 1. The number of thiazole rings is 1. The van der Waals surface area contributed by atoms with Crippen LogP contribution in [0.1, 0.15) is 17.5 Å². The van der Waals surface area contributed by atoms with Crippen molar-refractivity contribution in [1.29, 1.82) is 0 Å². The molecule has 0 aliphatic heterocycles. The van der Waals surface area contributed by atoms with Gasteiger partial charge in [0.25, 0.3) is 0 Å². The zero-order valence-corrected chi connectivity index (χ0v) is 16.3. The number of rotatable bonds is 5. The van der Waals surface area contributed by atoms with Crippen LogP contribution < -0.4 is 4.80 Å². The Morgan fingerprint density at radius 3 is 2.81 bits per heavy atom. The molecule has 0 radical (unpaired) electrons. The van der Waals surface area contributed by atoms with E-state index >= 15 is 0 Å². The van der Waals surface area contributed by atoms with Crippen LogP contribution >= 0.6 is 27.3 Å². The Morgan fingerprint density at radius 2 is 2.15 bits per heavy atom. The zero-order valence-electron chi connectivity index (χ0n) is 13.9. The van der Waals surface area contributed by atoms with Gasteiger partial charge in [-0.15, -0.1) is 0 Å². The summed E-state index contributed by atoms with van der Waals surface area (Å²) in [5.41, 5.74) is 0.702. The largest absolute Gasteiger partial charge is 0.465 e. The second kappa shape index (κ2) is 7.84. The van der Waals surface area contributed by atoms with Crippen molar-refractivity contribution >= 4 is 55.2 Å². The number of nitrogens with zero attached hydrogens (tertiary/aromatic N) is 3. The Balaban J connectivity index is 2.07. The molecule has 11 heteroatoms. The summed E-state index contributed by atoms with van der Waals surface area (Å²) in [6.45, 7) is 1.80. The average molecular weight is 454 g/mol. The molecule has 3 aromatic rings. The second-order valence-corrected chi connectivity index (χ2v) is 7.12. The number of hydrogen-bond acceptors (Lipinski definition) is 7. The molecule has 0 saturated heterocycles. The normalized spacial score (nSPS) is 11.7. The molecule has 1 aromatic carbocycles. The zero-order chi connectivity index (χ0) is 19.6. The van der Waals surface area contributed by atoms with E-state index in [1.54, 1.807) is 23.6 Å². The number of amides is 1. The molecule has 0 unspecified atom stereocenters. The minimum Gasteiger partial charge on any atom is -0.465 e. The van der Waals surface area contributed by atoms with E-state index in [1.807, 2.05) is 6.07 Å². The van der Waals surface area contributed by atoms with Gasteiger partial charge in [0.15, 0.2) is 4.80 Å². The summed E-state index contributed by atoms with van der Waals surface area (Å²) in [6, 6.07) is 7.69. The monoisotopic (exact) mass is 453 g/mol. The van der Waals surface area contributed by atoms with Gasteiger partial charge in [-0.05, 0) is 31.2 Å². The number of carbonyl (C=O) groups excluding carboxylic acids is 2. The maximum Gasteiger partial charge on any atom is 0.433 e. The van der Waals surface area contributed by atoms with E-state index in [1.165, 1.54) is 17.4 Å². The van der Waals surface area contributed by atoms with Crippen molar-refractivity contribution in [2.75, 3.05) is 6.61 Å². The van der Waals surface area contributed by atoms with Crippen molar-refractivity contribution in [2.24, 2.45) is 4.99 Å². The molecule has 0 N–H and O–H groups in total. The molecule has 0 fully saturated rings. The highest BCUT2D eigenvalue weighted by Crippen LogP contribution is 2.23. The van der Waals surface area contributed by atoms with E-state index in [-0.39, 0.29) is 23.7 Å². The van der Waals surface area contributed by atoms with Gasteiger partial charge in [0, 0.05) is 4.47 Å². The number of furan rings is 1. The number of halogens is 1. The summed E-state index contributed by atoms with van der Waals surface area (Å²) >= 11 is 4.57. The minimum absolute atomic E-state index is 0.125. The van der Waals surface area contributed by atoms with Gasteiger partial charge in [-0.3, -0.25) is 19.7 Å². The van der Waals surface area contributed by atoms with Gasteiger partial charge in [0.2, 0.25) is 5.76 Å². The Kier molecular flexibility index (Phi) is 5.51. The molecule has 0 aliphatic carbocycles. The van der Waals surface area contributed by atoms with Gasteiger partial charge in [0.1, 0.15) is 11.5 Å². The van der Waals surface area contributed by atoms with Gasteiger partial charge in [-0.2, -0.15) is 4.99 Å². The molecule has 0 atom stereocenters. The number of fused-ring (bicyclic) bond motifs is 1. The van der Waals surface area contributed by atoms with E-state index < -0.39 is 22.7 Å². The van der Waals surface area contributed by atoms with Crippen molar-refractivity contribution in [1.82, 2.24) is 4.57 Å². The molecule has 0 spiro atoms. The molecule has 0 bridgehead atoms. The Bertz CT molecular complexity index is 1110. The molecule has 3 rings (SSSR count). The standard InChI is InChI=1S/C16H12BrN3O6S/c1-2-25-14(21)8-19-10-4-3-9(17)7-12(10)27-16(19)18-15(22)11-5-6-13(26-11)20(23)24/h3-7H,2,8H2,1H3. The summed E-state index contributed by atoms with van der Waals surface area (Å²) in [4.78, 5) is 38.5. The first kappa shape index (κ1) is 19.0. The minimum atomic E-state index is -0.786. The third-order valence-corrected chi connectivity index (χ3v) is 4.95. The van der Waals surface area contributed by atoms with Crippen LogP contribution in [-0.2, 0) is 16.1 Å². The first-order valence-corrected chi connectivity index (χ1v) is 9.27. The molecule has 2 aromatic heterocycles. The van der Waals surface area contributed by atoms with E-state index in [0.717, 1.165) is 15.2 Å². The molecule has 0 saturated carbocycles. The Labute approximate surface area is 164 Å². The highest BCUT2D eigenvalue weighted by Gasteiger charge is 2.18. The third kappa shape index (κ3) is 4.14. The van der Waals surface area contributed by atoms with Crippen molar-refractivity contribution in [2.45, 2.75) is 13.5 Å². The maximum atomic E-state index is 12.3. The number of esters is 1. The Morgan fingerprint density at radius 1 is 1.37 bits per heavy atom. The van der Waals surface area contributed by atoms with Crippen molar-refractivity contribution < 1.29 is 23.7 Å². The lowest BCUT2D eigenvalue weighted by atomic mass is 10.3. The van der Waals surface area contributed by atoms with Crippen LogP contribution in [0.15, 0.2) is 44.2 Å². The van der Waals surface area contributed by atoms with Crippen LogP contribution in [0.5, 0.6) is 0 Å². The van der Waals surface area contributed by atoms with Crippen molar-refractivity contribution in [3.63, 3.8) is 0 Å². The number of benzene rings is 1. The molecule has 0 aliphatic rings. The first-order valence-electron chi connectivity index (χ1n) is 7.67. The summed E-state index contributed by atoms with van der Waals surface area (Å²) in [6.07, 6.45) is 0. The van der Waals surface area contributed by atoms with E-state index in [4.69, 9.17) is 9.15 Å². The molecular weight excluding hydrogens is 442 g/mol. The van der Waals surface area contributed by atoms with Crippen LogP contribution in [-0.4, -0.2) is 28.0 Å². The van der Waals surface area contributed by atoms with Crippen LogP contribution in [0.4, 0.5) is 5.88 Å². The first-order chi connectivity index (χ1) is 12.9. The van der Waals surface area contributed by atoms with E-state index in [0.29, 0.717) is 5.52 Å². The Hall–Kier alpha value is -2.79. The van der Waals surface area contributed by atoms with Crippen LogP contribution in [0.2, 0.25) is 0 Å². The summed E-state index contributed by atoms with van der Waals surface area (Å²) in [5.74, 6) is -2.06. The number of aromatic nitrogens is 1. The van der Waals surface area contributed by atoms with Crippen LogP contribution in [0.25, 0.3) is 10.2 Å². The lowest BCUT2D eigenvalue weighted by Gasteiger charge is -2.05. The van der Waals surface area contributed by atoms with Gasteiger partial charge in [-0.25, -0.2) is 0 Å². The molecule has 9 nitrogen and oxygen atoms in total. The number of carbonyl (C=O) groups is 2. The van der Waals surface area contributed by atoms with Gasteiger partial charge < -0.3 is 13.7 Å². The molecule has 2 heterocycles. The van der Waals surface area contributed by atoms with E-state index in [2.05, 4.69) is 20.9 Å². The van der Waals surface area contributed by atoms with Crippen LogP contribution in [0.3, 0.4) is 0 Å². The molecule has 27 heavy (non-hydrogen) atoms. The molecule has 140 valence electrons. The van der Waals surface area contributed by atoms with Crippen LogP contribution in [0, 0.1) is 10.1 Å². The lowest BCUT2D eigenvalue weighted by Crippen LogP contribution is -2.23. The van der Waals surface area contributed by atoms with Gasteiger partial charge in [0.05, 0.1) is 22.9 Å². The molecular formula is C16H12BrN3O6S. The van der Waals surface area contributed by atoms with E-state index in [9.17, 15) is 19.7 Å². The van der Waals surface area contributed by atoms with Crippen molar-refractivity contribution in [3.05, 3.63) is 55.5 Å². The predicted octanol–water partition coefficient (Wildman–Crippen LogP) is 3.27. The SMILES string of the molecule is CCOC(=O)Cn1c(=NC(=O)c2ccc([N+](=O)[O-])o2)sc2cc(Br)ccc21. The number of ether oxygens (including phenoxy) is 1. The summed E-state index contributed by atoms with van der Waals surface area (Å²) in [7, 11) is 0. The second-order valence-electron chi connectivity index (χ2n) is 5.20. The highest BCUT2D eigenvalue weighted by atomic mass is 79.9. The van der Waals surface area contributed by atoms with Gasteiger partial charge >= 0.3 is 17.8 Å². The maximum absolute atomic E-state index is 12.3. The van der Waals surface area contributed by atoms with Gasteiger partial charge in [-0.1, -0.05) is 27.3 Å². The fourth-order valence-electron chi connectivity index (χ4n) is 2.30. The highest BCUT2D eigenvalue weighted by molar-refractivity contribution is 9.10. The fourth-order valence-corrected chi connectivity index (χ4v) is 3.88. The number of hydrogen-bond donors (Lipinski definition) is 0. The average Bonchev–Trinajstić information content (AvgIpc) is 3.21. The van der Waals surface area contributed by atoms with Crippen molar-refractivity contribution in [3.8, 4) is 0 Å². The lowest BCUT2D eigenvalue weighted by molar-refractivity contribution is -0.402. The quantitative estimate of drug-likeness (QED) is 0.332. The topological polar surface area (TPSA) is 117 Å². The third-order valence-electron chi connectivity index (χ3n) is 3.42. The summed E-state index contributed by atoms with van der Waals surface area (Å²) in [5, 5.41) is 10.7. The smallest absolute Gasteiger partial charge is 0.433 e. The summed E-state index contributed by atoms with van der Waals surface area (Å²) < 4.78 is 13.0. The molecule has 1 amide bonds.